The van der Waals surface area contributed by atoms with Crippen molar-refractivity contribution in [2.24, 2.45) is 0 Å². The van der Waals surface area contributed by atoms with Gasteiger partial charge in [0, 0.05) is 13.3 Å². The molecule has 0 radical (unpaired) electrons. The van der Waals surface area contributed by atoms with E-state index in [0.717, 1.165) is 0 Å². The minimum absolute atomic E-state index is 0.0984. The standard InChI is InChI=1S/C11H14N2O4/c1-3-17-11(15)8-5-4-6-12-10(8)13-9(14)7-16-2/h4-6H,3,7H2,1-2H3,(H,12,13,14). The van der Waals surface area contributed by atoms with Gasteiger partial charge in [0.05, 0.1) is 6.61 Å². The van der Waals surface area contributed by atoms with Gasteiger partial charge in [-0.15, -0.1) is 0 Å². The fourth-order valence-corrected chi connectivity index (χ4v) is 1.18. The van der Waals surface area contributed by atoms with Gasteiger partial charge in [0.25, 0.3) is 5.91 Å². The van der Waals surface area contributed by atoms with Crippen molar-refractivity contribution in [1.82, 2.24) is 4.98 Å². The maximum absolute atomic E-state index is 11.6. The van der Waals surface area contributed by atoms with Gasteiger partial charge >= 0.3 is 5.97 Å². The zero-order valence-electron chi connectivity index (χ0n) is 9.73. The van der Waals surface area contributed by atoms with Crippen molar-refractivity contribution in [1.29, 1.82) is 0 Å². The van der Waals surface area contributed by atoms with E-state index in [-0.39, 0.29) is 30.5 Å². The zero-order valence-corrected chi connectivity index (χ0v) is 9.73. The van der Waals surface area contributed by atoms with E-state index >= 15 is 0 Å². The summed E-state index contributed by atoms with van der Waals surface area (Å²) in [5.74, 6) is -0.724. The molecule has 0 fully saturated rings. The van der Waals surface area contributed by atoms with Crippen LogP contribution in [0.25, 0.3) is 0 Å². The van der Waals surface area contributed by atoms with Gasteiger partial charge in [0.15, 0.2) is 0 Å². The number of aromatic nitrogens is 1. The summed E-state index contributed by atoms with van der Waals surface area (Å²) in [5, 5.41) is 2.47. The number of nitrogens with one attached hydrogen (secondary N) is 1. The number of nitrogens with zero attached hydrogens (tertiary/aromatic N) is 1. The van der Waals surface area contributed by atoms with Crippen LogP contribution in [0.15, 0.2) is 18.3 Å². The molecule has 1 N–H and O–H groups in total. The molecule has 6 nitrogen and oxygen atoms in total. The van der Waals surface area contributed by atoms with Crippen LogP contribution in [-0.2, 0) is 14.3 Å². The van der Waals surface area contributed by atoms with Crippen LogP contribution in [0.3, 0.4) is 0 Å². The molecule has 1 aromatic rings. The fraction of sp³-hybridized carbons (Fsp3) is 0.364. The number of anilines is 1. The van der Waals surface area contributed by atoms with E-state index in [1.54, 1.807) is 13.0 Å². The first kappa shape index (κ1) is 13.1. The molecule has 1 heterocycles. The largest absolute Gasteiger partial charge is 0.462 e. The summed E-state index contributed by atoms with van der Waals surface area (Å²) in [7, 11) is 1.41. The lowest BCUT2D eigenvalue weighted by molar-refractivity contribution is -0.119. The molecule has 17 heavy (non-hydrogen) atoms. The third kappa shape index (κ3) is 3.84. The van der Waals surface area contributed by atoms with Gasteiger partial charge in [-0.1, -0.05) is 0 Å². The Hall–Kier alpha value is -1.95. The van der Waals surface area contributed by atoms with Crippen molar-refractivity contribution in [2.75, 3.05) is 25.6 Å². The second kappa shape index (κ2) is 6.59. The van der Waals surface area contributed by atoms with Crippen LogP contribution in [0, 0.1) is 0 Å². The van der Waals surface area contributed by atoms with Gasteiger partial charge in [0.2, 0.25) is 0 Å². The molecule has 0 spiro atoms. The fourth-order valence-electron chi connectivity index (χ4n) is 1.18. The molecule has 0 aliphatic heterocycles. The van der Waals surface area contributed by atoms with Crippen LogP contribution in [-0.4, -0.2) is 37.2 Å². The Morgan fingerprint density at radius 2 is 2.24 bits per heavy atom. The van der Waals surface area contributed by atoms with Crippen molar-refractivity contribution >= 4 is 17.7 Å². The Kier molecular flexibility index (Phi) is 5.09. The summed E-state index contributed by atoms with van der Waals surface area (Å²) in [6, 6.07) is 3.13. The molecule has 0 aliphatic rings. The molecule has 0 saturated heterocycles. The second-order valence-electron chi connectivity index (χ2n) is 3.10. The summed E-state index contributed by atoms with van der Waals surface area (Å²) >= 11 is 0. The summed E-state index contributed by atoms with van der Waals surface area (Å²) < 4.78 is 9.52. The normalized spacial score (nSPS) is 9.76. The molecule has 0 aliphatic carbocycles. The number of hydrogen-bond donors (Lipinski definition) is 1. The third-order valence-electron chi connectivity index (χ3n) is 1.84. The van der Waals surface area contributed by atoms with Crippen molar-refractivity contribution < 1.29 is 19.1 Å². The predicted octanol–water partition coefficient (Wildman–Crippen LogP) is 0.843. The number of pyridine rings is 1. The lowest BCUT2D eigenvalue weighted by Gasteiger charge is -2.08. The lowest BCUT2D eigenvalue weighted by Crippen LogP contribution is -2.20. The number of carbonyl (C=O) groups excluding carboxylic acids is 2. The van der Waals surface area contributed by atoms with Crippen molar-refractivity contribution in [3.63, 3.8) is 0 Å². The smallest absolute Gasteiger partial charge is 0.341 e. The van der Waals surface area contributed by atoms with Gasteiger partial charge in [-0.05, 0) is 19.1 Å². The minimum Gasteiger partial charge on any atom is -0.462 e. The Balaban J connectivity index is 2.84. The molecule has 92 valence electrons. The molecular formula is C11H14N2O4. The monoisotopic (exact) mass is 238 g/mol. The van der Waals surface area contributed by atoms with Crippen LogP contribution in [0.1, 0.15) is 17.3 Å². The molecule has 0 atom stereocenters. The second-order valence-corrected chi connectivity index (χ2v) is 3.10. The Bertz CT molecular complexity index is 406. The van der Waals surface area contributed by atoms with Crippen LogP contribution < -0.4 is 5.32 Å². The number of hydrogen-bond acceptors (Lipinski definition) is 5. The van der Waals surface area contributed by atoms with Gasteiger partial charge in [-0.2, -0.15) is 0 Å². The van der Waals surface area contributed by atoms with Crippen molar-refractivity contribution in [2.45, 2.75) is 6.92 Å². The summed E-state index contributed by atoms with van der Waals surface area (Å²) in [6.07, 6.45) is 1.48. The highest BCUT2D eigenvalue weighted by Gasteiger charge is 2.14. The predicted molar refractivity (Wildman–Crippen MR) is 60.7 cm³/mol. The molecule has 1 aromatic heterocycles. The highest BCUT2D eigenvalue weighted by atomic mass is 16.5. The van der Waals surface area contributed by atoms with Gasteiger partial charge in [-0.3, -0.25) is 4.79 Å². The zero-order chi connectivity index (χ0) is 12.7. The third-order valence-corrected chi connectivity index (χ3v) is 1.84. The number of carbonyl (C=O) groups is 2. The van der Waals surface area contributed by atoms with Gasteiger partial charge in [0.1, 0.15) is 18.0 Å². The first-order valence-corrected chi connectivity index (χ1v) is 5.10. The van der Waals surface area contributed by atoms with E-state index in [0.29, 0.717) is 0 Å². The molecule has 0 saturated carbocycles. The summed E-state index contributed by atoms with van der Waals surface area (Å²) in [6.45, 7) is 1.87. The van der Waals surface area contributed by atoms with E-state index in [2.05, 4.69) is 15.0 Å². The van der Waals surface area contributed by atoms with E-state index in [1.165, 1.54) is 19.4 Å². The van der Waals surface area contributed by atoms with Crippen LogP contribution in [0.5, 0.6) is 0 Å². The number of amides is 1. The molecule has 0 bridgehead atoms. The number of esters is 1. The quantitative estimate of drug-likeness (QED) is 0.769. The lowest BCUT2D eigenvalue weighted by atomic mass is 10.2. The Labute approximate surface area is 98.9 Å². The number of methoxy groups -OCH3 is 1. The molecular weight excluding hydrogens is 224 g/mol. The highest BCUT2D eigenvalue weighted by Crippen LogP contribution is 2.12. The summed E-state index contributed by atoms with van der Waals surface area (Å²) in [5.41, 5.74) is 0.221. The van der Waals surface area contributed by atoms with Crippen molar-refractivity contribution in [3.05, 3.63) is 23.9 Å². The topological polar surface area (TPSA) is 77.5 Å². The Morgan fingerprint density at radius 1 is 1.47 bits per heavy atom. The molecule has 6 heteroatoms. The van der Waals surface area contributed by atoms with Crippen LogP contribution in [0.4, 0.5) is 5.82 Å². The van der Waals surface area contributed by atoms with Crippen molar-refractivity contribution in [3.8, 4) is 0 Å². The summed E-state index contributed by atoms with van der Waals surface area (Å²) in [4.78, 5) is 26.8. The Morgan fingerprint density at radius 3 is 2.88 bits per heavy atom. The van der Waals surface area contributed by atoms with E-state index in [1.807, 2.05) is 0 Å². The SMILES string of the molecule is CCOC(=O)c1cccnc1NC(=O)COC. The highest BCUT2D eigenvalue weighted by molar-refractivity contribution is 6.00. The molecule has 1 amide bonds. The van der Waals surface area contributed by atoms with E-state index in [4.69, 9.17) is 4.74 Å². The van der Waals surface area contributed by atoms with Crippen LogP contribution >= 0.6 is 0 Å². The molecule has 1 rings (SSSR count). The number of ether oxygens (including phenoxy) is 2. The first-order chi connectivity index (χ1) is 8.19. The minimum atomic E-state index is -0.520. The van der Waals surface area contributed by atoms with E-state index < -0.39 is 5.97 Å². The first-order valence-electron chi connectivity index (χ1n) is 5.10. The maximum Gasteiger partial charge on any atom is 0.341 e. The van der Waals surface area contributed by atoms with Crippen LogP contribution in [0.2, 0.25) is 0 Å². The average molecular weight is 238 g/mol. The van der Waals surface area contributed by atoms with E-state index in [9.17, 15) is 9.59 Å². The van der Waals surface area contributed by atoms with Gasteiger partial charge in [-0.25, -0.2) is 9.78 Å². The van der Waals surface area contributed by atoms with Gasteiger partial charge < -0.3 is 14.8 Å². The molecule has 0 aromatic carbocycles. The average Bonchev–Trinajstić information content (AvgIpc) is 2.30. The molecule has 0 unspecified atom stereocenters. The maximum atomic E-state index is 11.6. The number of rotatable bonds is 5.